The first kappa shape index (κ1) is 18.1. The molecule has 1 aromatic carbocycles. The highest BCUT2D eigenvalue weighted by Crippen LogP contribution is 2.05. The largest absolute Gasteiger partial charge is 0.325 e. The van der Waals surface area contributed by atoms with Crippen LogP contribution in [0.4, 0.5) is 0 Å². The molecular weight excluding hydrogens is 262 g/mol. The lowest BCUT2D eigenvalue weighted by Crippen LogP contribution is -2.47. The minimum Gasteiger partial charge on any atom is -0.325 e. The maximum atomic E-state index is 10.4. The SMILES string of the molecule is CC[N+](CC)(CC)CC.O=S(=O)(O)c1ccccc1. The van der Waals surface area contributed by atoms with Crippen molar-refractivity contribution in [3.63, 3.8) is 0 Å². The van der Waals surface area contributed by atoms with Gasteiger partial charge in [0.25, 0.3) is 10.1 Å². The minimum atomic E-state index is -4.00. The van der Waals surface area contributed by atoms with Crippen molar-refractivity contribution in [2.45, 2.75) is 32.6 Å². The van der Waals surface area contributed by atoms with Gasteiger partial charge in [-0.15, -0.1) is 0 Å². The zero-order valence-electron chi connectivity index (χ0n) is 12.3. The molecule has 0 aliphatic heterocycles. The lowest BCUT2D eigenvalue weighted by Gasteiger charge is -2.34. The van der Waals surface area contributed by atoms with Gasteiger partial charge in [-0.3, -0.25) is 4.55 Å². The highest BCUT2D eigenvalue weighted by Gasteiger charge is 2.16. The van der Waals surface area contributed by atoms with E-state index < -0.39 is 10.1 Å². The van der Waals surface area contributed by atoms with Crippen LogP contribution in [0.1, 0.15) is 27.7 Å². The van der Waals surface area contributed by atoms with E-state index in [1.54, 1.807) is 18.2 Å². The fraction of sp³-hybridized carbons (Fsp3) is 0.571. The summed E-state index contributed by atoms with van der Waals surface area (Å²) in [5, 5.41) is 0. The van der Waals surface area contributed by atoms with E-state index in [0.717, 1.165) is 0 Å². The van der Waals surface area contributed by atoms with Gasteiger partial charge in [0.05, 0.1) is 31.1 Å². The van der Waals surface area contributed by atoms with Gasteiger partial charge in [-0.25, -0.2) is 0 Å². The van der Waals surface area contributed by atoms with Gasteiger partial charge >= 0.3 is 0 Å². The second-order valence-corrected chi connectivity index (χ2v) is 5.82. The molecule has 19 heavy (non-hydrogen) atoms. The second-order valence-electron chi connectivity index (χ2n) is 4.39. The lowest BCUT2D eigenvalue weighted by molar-refractivity contribution is -0.921. The van der Waals surface area contributed by atoms with Crippen molar-refractivity contribution in [3.05, 3.63) is 30.3 Å². The van der Waals surface area contributed by atoms with Crippen LogP contribution in [0.5, 0.6) is 0 Å². The Balaban J connectivity index is 0.000000344. The second kappa shape index (κ2) is 8.30. The number of hydrogen-bond donors (Lipinski definition) is 1. The Bertz CT molecular complexity index is 422. The van der Waals surface area contributed by atoms with Crippen molar-refractivity contribution in [2.24, 2.45) is 0 Å². The van der Waals surface area contributed by atoms with Gasteiger partial charge in [0, 0.05) is 0 Å². The molecule has 0 aliphatic rings. The van der Waals surface area contributed by atoms with Crippen LogP contribution in [0.3, 0.4) is 0 Å². The molecule has 0 radical (unpaired) electrons. The van der Waals surface area contributed by atoms with Crippen LogP contribution >= 0.6 is 0 Å². The summed E-state index contributed by atoms with van der Waals surface area (Å²) in [7, 11) is -4.00. The fourth-order valence-corrected chi connectivity index (χ4v) is 2.44. The van der Waals surface area contributed by atoms with Crippen molar-refractivity contribution in [2.75, 3.05) is 26.2 Å². The Labute approximate surface area is 117 Å². The summed E-state index contributed by atoms with van der Waals surface area (Å²) >= 11 is 0. The maximum Gasteiger partial charge on any atom is 0.294 e. The summed E-state index contributed by atoms with van der Waals surface area (Å²) in [6.07, 6.45) is 0. The van der Waals surface area contributed by atoms with E-state index in [4.69, 9.17) is 4.55 Å². The zero-order valence-corrected chi connectivity index (χ0v) is 13.2. The van der Waals surface area contributed by atoms with Crippen LogP contribution in [-0.2, 0) is 10.1 Å². The molecular formula is C14H26NO3S+. The smallest absolute Gasteiger partial charge is 0.294 e. The normalized spacial score (nSPS) is 11.6. The molecule has 0 amide bonds. The van der Waals surface area contributed by atoms with E-state index in [1.165, 1.54) is 42.8 Å². The number of hydrogen-bond acceptors (Lipinski definition) is 2. The molecule has 1 N–H and O–H groups in total. The molecule has 0 unspecified atom stereocenters. The predicted molar refractivity (Wildman–Crippen MR) is 78.7 cm³/mol. The molecule has 0 saturated carbocycles. The average Bonchev–Trinajstić information content (AvgIpc) is 2.43. The summed E-state index contributed by atoms with van der Waals surface area (Å²) in [5.41, 5.74) is 0. The van der Waals surface area contributed by atoms with Crippen molar-refractivity contribution < 1.29 is 17.5 Å². The number of quaternary nitrogens is 1. The van der Waals surface area contributed by atoms with E-state index >= 15 is 0 Å². The Morgan fingerprint density at radius 3 is 1.42 bits per heavy atom. The molecule has 110 valence electrons. The van der Waals surface area contributed by atoms with E-state index in [1.807, 2.05) is 0 Å². The first-order valence-electron chi connectivity index (χ1n) is 6.72. The number of nitrogens with zero attached hydrogens (tertiary/aromatic N) is 1. The topological polar surface area (TPSA) is 54.4 Å². The standard InChI is InChI=1S/C8H20N.C6H6O3S/c1-5-9(6-2,7-3)8-4;7-10(8,9)6-4-2-1-3-5-6/h5-8H2,1-4H3;1-5H,(H,7,8,9)/q+1;. The van der Waals surface area contributed by atoms with Crippen molar-refractivity contribution in [1.29, 1.82) is 0 Å². The third-order valence-electron chi connectivity index (χ3n) is 3.72. The molecule has 0 saturated heterocycles. The zero-order chi connectivity index (χ0) is 14.9. The molecule has 1 aromatic rings. The van der Waals surface area contributed by atoms with Crippen molar-refractivity contribution in [3.8, 4) is 0 Å². The first-order valence-corrected chi connectivity index (χ1v) is 8.16. The predicted octanol–water partition coefficient (Wildman–Crippen LogP) is 2.82. The quantitative estimate of drug-likeness (QED) is 0.669. The van der Waals surface area contributed by atoms with E-state index in [2.05, 4.69) is 27.7 Å². The van der Waals surface area contributed by atoms with Gasteiger partial charge in [0.1, 0.15) is 0 Å². The van der Waals surface area contributed by atoms with Crippen LogP contribution in [0.25, 0.3) is 0 Å². The molecule has 0 atom stereocenters. The summed E-state index contributed by atoms with van der Waals surface area (Å²) in [4.78, 5) is -0.0741. The fourth-order valence-electron chi connectivity index (χ4n) is 1.93. The third-order valence-corrected chi connectivity index (χ3v) is 4.59. The molecule has 0 aliphatic carbocycles. The van der Waals surface area contributed by atoms with Gasteiger partial charge in [0.15, 0.2) is 0 Å². The molecule has 0 fully saturated rings. The molecule has 0 aromatic heterocycles. The van der Waals surface area contributed by atoms with Gasteiger partial charge < -0.3 is 4.48 Å². The highest BCUT2D eigenvalue weighted by molar-refractivity contribution is 7.85. The van der Waals surface area contributed by atoms with Crippen molar-refractivity contribution >= 4 is 10.1 Å². The highest BCUT2D eigenvalue weighted by atomic mass is 32.2. The first-order chi connectivity index (χ1) is 8.85. The monoisotopic (exact) mass is 288 g/mol. The Kier molecular flexibility index (Phi) is 7.90. The van der Waals surface area contributed by atoms with E-state index in [0.29, 0.717) is 0 Å². The van der Waals surface area contributed by atoms with Crippen LogP contribution in [0.15, 0.2) is 35.2 Å². The summed E-state index contributed by atoms with van der Waals surface area (Å²) in [6, 6.07) is 7.42. The van der Waals surface area contributed by atoms with Crippen LogP contribution < -0.4 is 0 Å². The molecule has 0 heterocycles. The average molecular weight is 288 g/mol. The number of rotatable bonds is 5. The Morgan fingerprint density at radius 2 is 1.26 bits per heavy atom. The minimum absolute atomic E-state index is 0.0741. The lowest BCUT2D eigenvalue weighted by atomic mass is 10.3. The summed E-state index contributed by atoms with van der Waals surface area (Å²) in [5.74, 6) is 0. The Morgan fingerprint density at radius 1 is 0.895 bits per heavy atom. The maximum absolute atomic E-state index is 10.4. The third kappa shape index (κ3) is 6.18. The van der Waals surface area contributed by atoms with E-state index in [9.17, 15) is 8.42 Å². The van der Waals surface area contributed by atoms with E-state index in [-0.39, 0.29) is 4.90 Å². The van der Waals surface area contributed by atoms with Crippen LogP contribution in [0, 0.1) is 0 Å². The van der Waals surface area contributed by atoms with Crippen molar-refractivity contribution in [1.82, 2.24) is 0 Å². The number of benzene rings is 1. The molecule has 0 spiro atoms. The molecule has 1 rings (SSSR count). The molecule has 5 heteroatoms. The summed E-state index contributed by atoms with van der Waals surface area (Å²) < 4.78 is 30.5. The van der Waals surface area contributed by atoms with Crippen LogP contribution in [0.2, 0.25) is 0 Å². The summed E-state index contributed by atoms with van der Waals surface area (Å²) in [6.45, 7) is 14.2. The van der Waals surface area contributed by atoms with Gasteiger partial charge in [-0.2, -0.15) is 8.42 Å². The molecule has 0 bridgehead atoms. The van der Waals surface area contributed by atoms with Crippen LogP contribution in [-0.4, -0.2) is 43.6 Å². The van der Waals surface area contributed by atoms with Gasteiger partial charge in [0.2, 0.25) is 0 Å². The van der Waals surface area contributed by atoms with Gasteiger partial charge in [-0.1, -0.05) is 18.2 Å². The van der Waals surface area contributed by atoms with Gasteiger partial charge in [-0.05, 0) is 39.8 Å². The Hall–Kier alpha value is -0.910. The molecule has 4 nitrogen and oxygen atoms in total.